The maximum atomic E-state index is 13.1. The van der Waals surface area contributed by atoms with Gasteiger partial charge in [-0.2, -0.15) is 0 Å². The summed E-state index contributed by atoms with van der Waals surface area (Å²) in [5, 5.41) is 27.7. The van der Waals surface area contributed by atoms with E-state index in [0.717, 1.165) is 0 Å². The number of hydrogen-bond acceptors (Lipinski definition) is 8. The second-order valence-corrected chi connectivity index (χ2v) is 9.83. The second-order valence-electron chi connectivity index (χ2n) is 8.10. The van der Waals surface area contributed by atoms with E-state index in [4.69, 9.17) is 4.52 Å². The normalized spacial score (nSPS) is 26.8. The van der Waals surface area contributed by atoms with Crippen molar-refractivity contribution in [2.24, 2.45) is 0 Å². The number of amides is 1. The van der Waals surface area contributed by atoms with Gasteiger partial charge in [0.25, 0.3) is 11.6 Å². The van der Waals surface area contributed by atoms with Crippen LogP contribution in [0, 0.1) is 17.0 Å². The summed E-state index contributed by atoms with van der Waals surface area (Å²) in [4.78, 5) is 37.1. The highest BCUT2D eigenvalue weighted by Crippen LogP contribution is 2.56. The minimum Gasteiger partial charge on any atom is -0.480 e. The summed E-state index contributed by atoms with van der Waals surface area (Å²) in [6.45, 7) is 6.96. The maximum Gasteiger partial charge on any atom is 0.327 e. The Kier molecular flexibility index (Phi) is 4.35. The lowest BCUT2D eigenvalue weighted by molar-refractivity contribution is -0.384. The average Bonchev–Trinajstić information content (AvgIpc) is 3.17. The first-order valence-electron chi connectivity index (χ1n) is 9.20. The predicted octanol–water partition coefficient (Wildman–Crippen LogP) is 2.88. The number of rotatable bonds is 5. The van der Waals surface area contributed by atoms with Crippen LogP contribution >= 0.6 is 11.8 Å². The molecule has 2 aliphatic rings. The van der Waals surface area contributed by atoms with Crippen LogP contribution in [0.3, 0.4) is 0 Å². The van der Waals surface area contributed by atoms with Gasteiger partial charge in [-0.25, -0.2) is 4.79 Å². The number of aromatic nitrogens is 1. The molecule has 1 aromatic heterocycles. The average molecular weight is 432 g/mol. The van der Waals surface area contributed by atoms with Crippen molar-refractivity contribution in [3.8, 4) is 11.3 Å². The number of carbonyl (C=O) groups excluding carboxylic acids is 1. The molecule has 3 atom stereocenters. The standard InChI is InChI=1S/C19H20N4O6S/c1-9-12(13(29-21-9)10-7-5-6-8-11(10)23(27)28)20-19(4)16(26)22-14(15(24)25)18(2,3)30-17(19)22/h5-8,14,17,20H,1-4H3,(H,24,25)/t14-,17+,19?/m0/s1. The van der Waals surface area contributed by atoms with Crippen molar-refractivity contribution in [3.05, 3.63) is 40.1 Å². The third kappa shape index (κ3) is 2.68. The molecule has 2 aliphatic heterocycles. The van der Waals surface area contributed by atoms with Gasteiger partial charge < -0.3 is 19.8 Å². The van der Waals surface area contributed by atoms with Gasteiger partial charge in [0.15, 0.2) is 5.76 Å². The molecule has 30 heavy (non-hydrogen) atoms. The number of carbonyl (C=O) groups is 2. The minimum absolute atomic E-state index is 0.147. The molecule has 2 aromatic rings. The summed E-state index contributed by atoms with van der Waals surface area (Å²) in [6, 6.07) is 5.17. The summed E-state index contributed by atoms with van der Waals surface area (Å²) >= 11 is 1.40. The van der Waals surface area contributed by atoms with Gasteiger partial charge in [-0.3, -0.25) is 14.9 Å². The molecule has 0 aliphatic carbocycles. The van der Waals surface area contributed by atoms with Crippen molar-refractivity contribution in [1.82, 2.24) is 10.1 Å². The van der Waals surface area contributed by atoms with Gasteiger partial charge in [-0.1, -0.05) is 17.3 Å². The quantitative estimate of drug-likeness (QED) is 0.415. The Labute approximate surface area is 175 Å². The third-order valence-electron chi connectivity index (χ3n) is 5.60. The first-order chi connectivity index (χ1) is 14.0. The number of benzene rings is 1. The summed E-state index contributed by atoms with van der Waals surface area (Å²) in [6.07, 6.45) is 0. The molecule has 3 heterocycles. The number of thioether (sulfide) groups is 1. The van der Waals surface area contributed by atoms with Crippen LogP contribution in [-0.4, -0.2) is 53.7 Å². The molecule has 1 amide bonds. The van der Waals surface area contributed by atoms with E-state index < -0.39 is 32.6 Å². The third-order valence-corrected chi connectivity index (χ3v) is 7.36. The Morgan fingerprint density at radius 1 is 1.37 bits per heavy atom. The van der Waals surface area contributed by atoms with Crippen molar-refractivity contribution in [2.75, 3.05) is 5.32 Å². The number of para-hydroxylation sites is 1. The number of hydrogen-bond donors (Lipinski definition) is 2. The minimum atomic E-state index is -1.11. The van der Waals surface area contributed by atoms with E-state index in [9.17, 15) is 24.8 Å². The first-order valence-corrected chi connectivity index (χ1v) is 10.1. The number of carboxylic acids is 1. The number of nitro benzene ring substituents is 1. The molecule has 0 spiro atoms. The van der Waals surface area contributed by atoms with Crippen molar-refractivity contribution in [3.63, 3.8) is 0 Å². The van der Waals surface area contributed by atoms with Gasteiger partial charge in [0.2, 0.25) is 0 Å². The van der Waals surface area contributed by atoms with E-state index in [2.05, 4.69) is 10.5 Å². The number of fused-ring (bicyclic) bond motifs is 1. The molecule has 1 aromatic carbocycles. The lowest BCUT2D eigenvalue weighted by atomic mass is 9.85. The highest BCUT2D eigenvalue weighted by molar-refractivity contribution is 8.01. The zero-order valence-corrected chi connectivity index (χ0v) is 17.5. The van der Waals surface area contributed by atoms with Crippen LogP contribution in [-0.2, 0) is 9.59 Å². The van der Waals surface area contributed by atoms with Gasteiger partial charge in [-0.15, -0.1) is 11.8 Å². The highest BCUT2D eigenvalue weighted by Gasteiger charge is 2.69. The maximum absolute atomic E-state index is 13.1. The fourth-order valence-electron chi connectivity index (χ4n) is 4.12. The van der Waals surface area contributed by atoms with Crippen LogP contribution in [0.15, 0.2) is 28.8 Å². The predicted molar refractivity (Wildman–Crippen MR) is 109 cm³/mol. The number of nitro groups is 1. The molecular formula is C19H20N4O6S. The van der Waals surface area contributed by atoms with Crippen LogP contribution in [0.5, 0.6) is 0 Å². The van der Waals surface area contributed by atoms with E-state index in [-0.39, 0.29) is 22.9 Å². The monoisotopic (exact) mass is 432 g/mol. The van der Waals surface area contributed by atoms with Gasteiger partial charge in [-0.05, 0) is 33.8 Å². The van der Waals surface area contributed by atoms with Crippen molar-refractivity contribution in [1.29, 1.82) is 0 Å². The molecular weight excluding hydrogens is 412 g/mol. The van der Waals surface area contributed by atoms with Gasteiger partial charge >= 0.3 is 5.97 Å². The number of carboxylic acid groups (broad SMARTS) is 1. The lowest BCUT2D eigenvalue weighted by Crippen LogP contribution is -2.75. The smallest absolute Gasteiger partial charge is 0.327 e. The largest absolute Gasteiger partial charge is 0.480 e. The molecule has 1 unspecified atom stereocenters. The van der Waals surface area contributed by atoms with E-state index in [1.165, 1.54) is 22.7 Å². The van der Waals surface area contributed by atoms with E-state index in [1.807, 2.05) is 0 Å². The van der Waals surface area contributed by atoms with Gasteiger partial charge in [0, 0.05) is 10.8 Å². The lowest BCUT2D eigenvalue weighted by Gasteiger charge is -2.51. The molecule has 2 fully saturated rings. The molecule has 0 saturated carbocycles. The molecule has 10 nitrogen and oxygen atoms in total. The van der Waals surface area contributed by atoms with Crippen LogP contribution in [0.25, 0.3) is 11.3 Å². The molecule has 0 radical (unpaired) electrons. The van der Waals surface area contributed by atoms with Crippen LogP contribution < -0.4 is 5.32 Å². The Morgan fingerprint density at radius 3 is 2.67 bits per heavy atom. The van der Waals surface area contributed by atoms with Crippen LogP contribution in [0.2, 0.25) is 0 Å². The molecule has 4 rings (SSSR count). The fourth-order valence-corrected chi connectivity index (χ4v) is 5.77. The summed E-state index contributed by atoms with van der Waals surface area (Å²) < 4.78 is 4.72. The summed E-state index contributed by atoms with van der Waals surface area (Å²) in [5.74, 6) is -1.25. The van der Waals surface area contributed by atoms with Gasteiger partial charge in [0.05, 0.1) is 10.5 Å². The zero-order chi connectivity index (χ0) is 22.0. The number of nitrogens with one attached hydrogen (secondary N) is 1. The highest BCUT2D eigenvalue weighted by atomic mass is 32.2. The number of anilines is 1. The second kappa shape index (κ2) is 6.46. The van der Waals surface area contributed by atoms with E-state index in [0.29, 0.717) is 11.4 Å². The number of β-lactam (4-membered cyclic amide) rings is 1. The molecule has 2 N–H and O–H groups in total. The number of aryl methyl sites for hydroxylation is 1. The zero-order valence-electron chi connectivity index (χ0n) is 16.7. The molecule has 11 heteroatoms. The topological polar surface area (TPSA) is 139 Å². The van der Waals surface area contributed by atoms with Gasteiger partial charge in [0.1, 0.15) is 28.3 Å². The molecule has 158 valence electrons. The van der Waals surface area contributed by atoms with Crippen molar-refractivity contribution < 1.29 is 24.1 Å². The fraction of sp³-hybridized carbons (Fsp3) is 0.421. The first kappa shape index (κ1) is 20.2. The Bertz CT molecular complexity index is 1080. The molecule has 2 saturated heterocycles. The Balaban J connectivity index is 1.73. The summed E-state index contributed by atoms with van der Waals surface area (Å²) in [5.41, 5.74) is -0.211. The van der Waals surface area contributed by atoms with Crippen LogP contribution in [0.1, 0.15) is 26.5 Å². The van der Waals surface area contributed by atoms with Crippen LogP contribution in [0.4, 0.5) is 11.4 Å². The number of aliphatic carboxylic acids is 1. The molecule has 0 bridgehead atoms. The number of nitrogens with zero attached hydrogens (tertiary/aromatic N) is 3. The SMILES string of the molecule is Cc1noc(-c2ccccc2[N+](=O)[O-])c1NC1(C)C(=O)N2[C@@H](C(=O)O)C(C)(C)S[C@@H]21. The van der Waals surface area contributed by atoms with Crippen molar-refractivity contribution >= 4 is 35.0 Å². The van der Waals surface area contributed by atoms with E-state index >= 15 is 0 Å². The van der Waals surface area contributed by atoms with E-state index in [1.54, 1.807) is 45.9 Å². The Hall–Kier alpha value is -3.08. The summed E-state index contributed by atoms with van der Waals surface area (Å²) in [7, 11) is 0. The Morgan fingerprint density at radius 2 is 2.03 bits per heavy atom. The van der Waals surface area contributed by atoms with Crippen molar-refractivity contribution in [2.45, 2.75) is 49.4 Å².